The SMILES string of the molecule is CCCCN(CCC(=O)NCC)C(=O)c1cccc(Oc2ccccc2)c1. The number of para-hydroxylation sites is 1. The molecule has 2 aromatic rings. The van der Waals surface area contributed by atoms with Gasteiger partial charge in [-0.25, -0.2) is 0 Å². The molecule has 0 bridgehead atoms. The van der Waals surface area contributed by atoms with Crippen LogP contribution in [0.2, 0.25) is 0 Å². The number of hydrogen-bond acceptors (Lipinski definition) is 3. The van der Waals surface area contributed by atoms with Crippen LogP contribution in [0.25, 0.3) is 0 Å². The number of ether oxygens (including phenoxy) is 1. The number of nitrogens with one attached hydrogen (secondary N) is 1. The molecule has 0 fully saturated rings. The Morgan fingerprint density at radius 1 is 0.963 bits per heavy atom. The predicted molar refractivity (Wildman–Crippen MR) is 107 cm³/mol. The largest absolute Gasteiger partial charge is 0.457 e. The molecule has 2 aromatic carbocycles. The number of benzene rings is 2. The second kappa shape index (κ2) is 11.0. The number of carbonyl (C=O) groups excluding carboxylic acids is 2. The highest BCUT2D eigenvalue weighted by molar-refractivity contribution is 5.95. The van der Waals surface area contributed by atoms with Crippen molar-refractivity contribution in [1.82, 2.24) is 10.2 Å². The van der Waals surface area contributed by atoms with E-state index in [-0.39, 0.29) is 11.8 Å². The molecule has 0 unspecified atom stereocenters. The van der Waals surface area contributed by atoms with Gasteiger partial charge in [0.25, 0.3) is 5.91 Å². The number of hydrogen-bond donors (Lipinski definition) is 1. The van der Waals surface area contributed by atoms with Gasteiger partial charge in [-0.2, -0.15) is 0 Å². The Balaban J connectivity index is 2.08. The highest BCUT2D eigenvalue weighted by Crippen LogP contribution is 2.22. The van der Waals surface area contributed by atoms with Crippen molar-refractivity contribution in [1.29, 1.82) is 0 Å². The molecule has 2 rings (SSSR count). The normalized spacial score (nSPS) is 10.3. The first-order valence-electron chi connectivity index (χ1n) is 9.53. The Hall–Kier alpha value is -2.82. The maximum absolute atomic E-state index is 13.0. The molecular formula is C22H28N2O3. The van der Waals surface area contributed by atoms with Crippen molar-refractivity contribution < 1.29 is 14.3 Å². The summed E-state index contributed by atoms with van der Waals surface area (Å²) in [5.74, 6) is 1.23. The third-order valence-electron chi connectivity index (χ3n) is 4.11. The molecule has 0 saturated carbocycles. The second-order valence-electron chi connectivity index (χ2n) is 6.29. The second-order valence-corrected chi connectivity index (χ2v) is 6.29. The first-order chi connectivity index (χ1) is 13.1. The zero-order valence-corrected chi connectivity index (χ0v) is 16.1. The lowest BCUT2D eigenvalue weighted by Gasteiger charge is -2.22. The summed E-state index contributed by atoms with van der Waals surface area (Å²) < 4.78 is 5.83. The van der Waals surface area contributed by atoms with Gasteiger partial charge < -0.3 is 15.0 Å². The van der Waals surface area contributed by atoms with Gasteiger partial charge in [-0.1, -0.05) is 37.6 Å². The summed E-state index contributed by atoms with van der Waals surface area (Å²) in [7, 11) is 0. The van der Waals surface area contributed by atoms with Crippen LogP contribution in [0, 0.1) is 0 Å². The van der Waals surface area contributed by atoms with Crippen LogP contribution in [0.5, 0.6) is 11.5 Å². The van der Waals surface area contributed by atoms with E-state index >= 15 is 0 Å². The van der Waals surface area contributed by atoms with E-state index in [1.165, 1.54) is 0 Å². The van der Waals surface area contributed by atoms with E-state index in [9.17, 15) is 9.59 Å². The summed E-state index contributed by atoms with van der Waals surface area (Å²) in [5, 5.41) is 2.78. The maximum Gasteiger partial charge on any atom is 0.254 e. The van der Waals surface area contributed by atoms with E-state index in [0.717, 1.165) is 18.6 Å². The van der Waals surface area contributed by atoms with Crippen molar-refractivity contribution in [3.63, 3.8) is 0 Å². The number of nitrogens with zero attached hydrogens (tertiary/aromatic N) is 1. The average molecular weight is 368 g/mol. The lowest BCUT2D eigenvalue weighted by atomic mass is 10.1. The van der Waals surface area contributed by atoms with Crippen LogP contribution in [0.1, 0.15) is 43.5 Å². The molecule has 0 radical (unpaired) electrons. The van der Waals surface area contributed by atoms with Crippen LogP contribution < -0.4 is 10.1 Å². The van der Waals surface area contributed by atoms with Gasteiger partial charge in [-0.3, -0.25) is 9.59 Å². The summed E-state index contributed by atoms with van der Waals surface area (Å²) >= 11 is 0. The molecule has 0 atom stereocenters. The fraction of sp³-hybridized carbons (Fsp3) is 0.364. The molecule has 1 N–H and O–H groups in total. The minimum atomic E-state index is -0.0775. The zero-order valence-electron chi connectivity index (χ0n) is 16.1. The molecule has 5 heteroatoms. The molecule has 0 saturated heterocycles. The van der Waals surface area contributed by atoms with Gasteiger partial charge in [0, 0.05) is 31.6 Å². The number of unbranched alkanes of at least 4 members (excludes halogenated alkanes) is 1. The van der Waals surface area contributed by atoms with Gasteiger partial charge in [-0.05, 0) is 43.7 Å². The van der Waals surface area contributed by atoms with Gasteiger partial charge >= 0.3 is 0 Å². The van der Waals surface area contributed by atoms with Crippen LogP contribution in [0.4, 0.5) is 0 Å². The Morgan fingerprint density at radius 3 is 2.41 bits per heavy atom. The highest BCUT2D eigenvalue weighted by atomic mass is 16.5. The Bertz CT molecular complexity index is 731. The zero-order chi connectivity index (χ0) is 19.5. The maximum atomic E-state index is 13.0. The van der Waals surface area contributed by atoms with Gasteiger partial charge in [-0.15, -0.1) is 0 Å². The monoisotopic (exact) mass is 368 g/mol. The van der Waals surface area contributed by atoms with E-state index in [4.69, 9.17) is 4.74 Å². The number of rotatable bonds is 10. The van der Waals surface area contributed by atoms with Crippen molar-refractivity contribution in [2.75, 3.05) is 19.6 Å². The van der Waals surface area contributed by atoms with Crippen molar-refractivity contribution in [2.24, 2.45) is 0 Å². The lowest BCUT2D eigenvalue weighted by Crippen LogP contribution is -2.36. The Morgan fingerprint density at radius 2 is 1.70 bits per heavy atom. The topological polar surface area (TPSA) is 58.6 Å². The molecule has 0 heterocycles. The molecule has 0 aliphatic rings. The predicted octanol–water partition coefficient (Wildman–Crippen LogP) is 4.25. The first kappa shape index (κ1) is 20.5. The van der Waals surface area contributed by atoms with Gasteiger partial charge in [0.1, 0.15) is 11.5 Å². The first-order valence-corrected chi connectivity index (χ1v) is 9.53. The highest BCUT2D eigenvalue weighted by Gasteiger charge is 2.17. The van der Waals surface area contributed by atoms with E-state index in [2.05, 4.69) is 12.2 Å². The third-order valence-corrected chi connectivity index (χ3v) is 4.11. The molecule has 0 aliphatic heterocycles. The average Bonchev–Trinajstić information content (AvgIpc) is 2.69. The quantitative estimate of drug-likeness (QED) is 0.682. The molecule has 0 spiro atoms. The molecule has 5 nitrogen and oxygen atoms in total. The van der Waals surface area contributed by atoms with Gasteiger partial charge in [0.05, 0.1) is 0 Å². The van der Waals surface area contributed by atoms with Crippen LogP contribution in [0.3, 0.4) is 0 Å². The van der Waals surface area contributed by atoms with Crippen LogP contribution in [-0.2, 0) is 4.79 Å². The molecule has 0 aliphatic carbocycles. The van der Waals surface area contributed by atoms with Gasteiger partial charge in [0.2, 0.25) is 5.91 Å². The number of amides is 2. The molecular weight excluding hydrogens is 340 g/mol. The van der Waals surface area contributed by atoms with E-state index in [1.54, 1.807) is 17.0 Å². The van der Waals surface area contributed by atoms with Crippen molar-refractivity contribution in [3.8, 4) is 11.5 Å². The van der Waals surface area contributed by atoms with E-state index in [1.807, 2.05) is 49.4 Å². The van der Waals surface area contributed by atoms with Crippen LogP contribution in [-0.4, -0.2) is 36.3 Å². The van der Waals surface area contributed by atoms with E-state index in [0.29, 0.717) is 37.4 Å². The minimum absolute atomic E-state index is 0.0343. The molecule has 27 heavy (non-hydrogen) atoms. The lowest BCUT2D eigenvalue weighted by molar-refractivity contribution is -0.121. The summed E-state index contributed by atoms with van der Waals surface area (Å²) in [6.07, 6.45) is 2.20. The molecule has 144 valence electrons. The standard InChI is InChI=1S/C22H28N2O3/c1-3-5-15-24(16-14-21(25)23-4-2)22(26)18-10-9-13-20(17-18)27-19-11-7-6-8-12-19/h6-13,17H,3-5,14-16H2,1-2H3,(H,23,25). The van der Waals surface area contributed by atoms with Crippen LogP contribution >= 0.6 is 0 Å². The van der Waals surface area contributed by atoms with Crippen LogP contribution in [0.15, 0.2) is 54.6 Å². The Kier molecular flexibility index (Phi) is 8.36. The molecule has 2 amide bonds. The number of carbonyl (C=O) groups is 2. The van der Waals surface area contributed by atoms with Crippen molar-refractivity contribution in [2.45, 2.75) is 33.1 Å². The smallest absolute Gasteiger partial charge is 0.254 e. The summed E-state index contributed by atoms with van der Waals surface area (Å²) in [4.78, 5) is 26.5. The summed E-state index contributed by atoms with van der Waals surface area (Å²) in [5.41, 5.74) is 0.565. The minimum Gasteiger partial charge on any atom is -0.457 e. The fourth-order valence-electron chi connectivity index (χ4n) is 2.69. The fourth-order valence-corrected chi connectivity index (χ4v) is 2.69. The summed E-state index contributed by atoms with van der Waals surface area (Å²) in [6, 6.07) is 16.6. The molecule has 0 aromatic heterocycles. The third kappa shape index (κ3) is 6.77. The van der Waals surface area contributed by atoms with Gasteiger partial charge in [0.15, 0.2) is 0 Å². The Labute approximate surface area is 161 Å². The summed E-state index contributed by atoms with van der Waals surface area (Å²) in [6.45, 7) is 5.62. The van der Waals surface area contributed by atoms with Crippen molar-refractivity contribution in [3.05, 3.63) is 60.2 Å². The van der Waals surface area contributed by atoms with E-state index < -0.39 is 0 Å². The van der Waals surface area contributed by atoms with Crippen molar-refractivity contribution >= 4 is 11.8 Å².